The van der Waals surface area contributed by atoms with Crippen molar-refractivity contribution in [3.63, 3.8) is 0 Å². The van der Waals surface area contributed by atoms with Gasteiger partial charge in [-0.15, -0.1) is 0 Å². The van der Waals surface area contributed by atoms with E-state index in [4.69, 9.17) is 4.74 Å². The van der Waals surface area contributed by atoms with Gasteiger partial charge >= 0.3 is 5.97 Å². The van der Waals surface area contributed by atoms with Crippen LogP contribution in [0.2, 0.25) is 0 Å². The lowest BCUT2D eigenvalue weighted by atomic mass is 9.63. The van der Waals surface area contributed by atoms with Gasteiger partial charge in [0, 0.05) is 0 Å². The minimum atomic E-state index is -0.843. The fraction of sp³-hybridized carbons (Fsp3) is 0.929. The van der Waals surface area contributed by atoms with Crippen LogP contribution in [0.4, 0.5) is 0 Å². The van der Waals surface area contributed by atoms with Crippen molar-refractivity contribution in [2.24, 2.45) is 10.8 Å². The molecule has 0 spiro atoms. The Hall–Kier alpha value is -0.570. The summed E-state index contributed by atoms with van der Waals surface area (Å²) in [6.45, 7) is 13.3. The number of aliphatic hydroxyl groups excluding tert-OH is 1. The normalized spacial score (nSPS) is 16.5. The lowest BCUT2D eigenvalue weighted by Crippen LogP contribution is -2.49. The van der Waals surface area contributed by atoms with E-state index < -0.39 is 11.0 Å². The first-order valence-corrected chi connectivity index (χ1v) is 6.40. The topological polar surface area (TPSA) is 46.5 Å². The van der Waals surface area contributed by atoms with E-state index in [9.17, 15) is 9.90 Å². The molecule has 0 bridgehead atoms. The molecular formula is C14H28O3. The third kappa shape index (κ3) is 3.44. The molecule has 0 aromatic carbocycles. The monoisotopic (exact) mass is 244 g/mol. The average Bonchev–Trinajstić information content (AvgIpc) is 2.24. The molecule has 0 rings (SSSR count). The van der Waals surface area contributed by atoms with Gasteiger partial charge in [0.05, 0.1) is 12.0 Å². The lowest BCUT2D eigenvalue weighted by molar-refractivity contribution is -0.179. The summed E-state index contributed by atoms with van der Waals surface area (Å²) in [5, 5.41) is 9.65. The van der Waals surface area contributed by atoms with Crippen molar-refractivity contribution in [2.75, 3.05) is 6.61 Å². The number of aliphatic hydroxyl groups is 1. The highest BCUT2D eigenvalue weighted by atomic mass is 16.6. The number of hydrogen-bond donors (Lipinski definition) is 1. The van der Waals surface area contributed by atoms with Crippen molar-refractivity contribution in [1.29, 1.82) is 0 Å². The van der Waals surface area contributed by atoms with E-state index in [1.54, 1.807) is 6.92 Å². The molecule has 0 aliphatic rings. The molecule has 1 atom stereocenters. The van der Waals surface area contributed by atoms with Crippen molar-refractivity contribution < 1.29 is 14.6 Å². The molecule has 0 heterocycles. The zero-order valence-corrected chi connectivity index (χ0v) is 12.4. The summed E-state index contributed by atoms with van der Waals surface area (Å²) in [7, 11) is 0. The number of carbonyl (C=O) groups excluding carboxylic acids is 1. The number of hydrogen-bond acceptors (Lipinski definition) is 3. The third-order valence-corrected chi connectivity index (χ3v) is 4.06. The zero-order valence-electron chi connectivity index (χ0n) is 12.4. The Balaban J connectivity index is 5.21. The van der Waals surface area contributed by atoms with E-state index >= 15 is 0 Å². The Morgan fingerprint density at radius 1 is 1.06 bits per heavy atom. The second-order valence-corrected chi connectivity index (χ2v) is 6.26. The maximum atomic E-state index is 12.3. The molecule has 3 heteroatoms. The molecule has 0 aromatic heterocycles. The highest BCUT2D eigenvalue weighted by Gasteiger charge is 2.49. The van der Waals surface area contributed by atoms with Crippen molar-refractivity contribution in [3.05, 3.63) is 0 Å². The van der Waals surface area contributed by atoms with Crippen molar-refractivity contribution in [2.45, 2.75) is 66.9 Å². The van der Waals surface area contributed by atoms with E-state index in [1.807, 2.05) is 41.5 Å². The molecule has 0 aliphatic carbocycles. The Morgan fingerprint density at radius 2 is 1.47 bits per heavy atom. The standard InChI is InChI=1S/C14H28O3/c1-8-13(6,9-2)14(7,10-15)11(16)17-12(3,4)5/h15H,8-10H2,1-7H3. The van der Waals surface area contributed by atoms with Gasteiger partial charge in [0.25, 0.3) is 0 Å². The van der Waals surface area contributed by atoms with Crippen molar-refractivity contribution in [1.82, 2.24) is 0 Å². The zero-order chi connectivity index (χ0) is 13.9. The summed E-state index contributed by atoms with van der Waals surface area (Å²) in [6.07, 6.45) is 1.67. The number of rotatable bonds is 5. The molecule has 1 unspecified atom stereocenters. The first-order valence-electron chi connectivity index (χ1n) is 6.40. The Kier molecular flexibility index (Phi) is 5.20. The van der Waals surface area contributed by atoms with Crippen LogP contribution < -0.4 is 0 Å². The average molecular weight is 244 g/mol. The van der Waals surface area contributed by atoms with E-state index in [1.165, 1.54) is 0 Å². The SMILES string of the molecule is CCC(C)(CC)C(C)(CO)C(=O)OC(C)(C)C. The third-order valence-electron chi connectivity index (χ3n) is 4.06. The van der Waals surface area contributed by atoms with Crippen LogP contribution in [0, 0.1) is 10.8 Å². The molecule has 0 fully saturated rings. The number of ether oxygens (including phenoxy) is 1. The molecule has 3 nitrogen and oxygen atoms in total. The van der Waals surface area contributed by atoms with Crippen molar-refractivity contribution in [3.8, 4) is 0 Å². The minimum absolute atomic E-state index is 0.180. The van der Waals surface area contributed by atoms with Gasteiger partial charge in [0.2, 0.25) is 0 Å². The second-order valence-electron chi connectivity index (χ2n) is 6.26. The van der Waals surface area contributed by atoms with Crippen LogP contribution in [0.3, 0.4) is 0 Å². The van der Waals surface area contributed by atoms with Crippen LogP contribution in [-0.2, 0) is 9.53 Å². The Morgan fingerprint density at radius 3 is 1.71 bits per heavy atom. The van der Waals surface area contributed by atoms with Gasteiger partial charge in [0.15, 0.2) is 0 Å². The second kappa shape index (κ2) is 5.38. The maximum absolute atomic E-state index is 12.3. The quantitative estimate of drug-likeness (QED) is 0.756. The smallest absolute Gasteiger partial charge is 0.315 e. The highest BCUT2D eigenvalue weighted by molar-refractivity contribution is 5.78. The minimum Gasteiger partial charge on any atom is -0.459 e. The first kappa shape index (κ1) is 16.4. The summed E-state index contributed by atoms with van der Waals surface area (Å²) < 4.78 is 5.44. The van der Waals surface area contributed by atoms with Gasteiger partial charge in [0.1, 0.15) is 5.60 Å². The summed E-state index contributed by atoms with van der Waals surface area (Å²) in [5.41, 5.74) is -1.61. The summed E-state index contributed by atoms with van der Waals surface area (Å²) in [4.78, 5) is 12.3. The van der Waals surface area contributed by atoms with Crippen molar-refractivity contribution >= 4 is 5.97 Å². The van der Waals surface area contributed by atoms with Crippen LogP contribution >= 0.6 is 0 Å². The summed E-state index contributed by atoms with van der Waals surface area (Å²) >= 11 is 0. The van der Waals surface area contributed by atoms with Gasteiger partial charge in [-0.05, 0) is 46.0 Å². The molecule has 0 aromatic rings. The van der Waals surface area contributed by atoms with Crippen LogP contribution in [0.15, 0.2) is 0 Å². The molecule has 17 heavy (non-hydrogen) atoms. The molecule has 0 amide bonds. The molecule has 102 valence electrons. The van der Waals surface area contributed by atoms with Gasteiger partial charge in [-0.25, -0.2) is 0 Å². The Labute approximate surface area is 106 Å². The molecule has 0 saturated carbocycles. The van der Waals surface area contributed by atoms with Crippen LogP contribution in [0.5, 0.6) is 0 Å². The molecule has 0 radical (unpaired) electrons. The lowest BCUT2D eigenvalue weighted by Gasteiger charge is -2.43. The Bertz CT molecular complexity index is 261. The predicted octanol–water partition coefficient (Wildman–Crippen LogP) is 3.15. The fourth-order valence-corrected chi connectivity index (χ4v) is 1.92. The fourth-order valence-electron chi connectivity index (χ4n) is 1.92. The summed E-state index contributed by atoms with van der Waals surface area (Å²) in [6, 6.07) is 0. The van der Waals surface area contributed by atoms with E-state index in [-0.39, 0.29) is 18.0 Å². The maximum Gasteiger partial charge on any atom is 0.315 e. The van der Waals surface area contributed by atoms with Crippen LogP contribution in [0.25, 0.3) is 0 Å². The summed E-state index contributed by atoms with van der Waals surface area (Å²) in [5.74, 6) is -0.307. The molecule has 0 saturated heterocycles. The van der Waals surface area contributed by atoms with E-state index in [2.05, 4.69) is 0 Å². The van der Waals surface area contributed by atoms with Crippen LogP contribution in [0.1, 0.15) is 61.3 Å². The van der Waals surface area contributed by atoms with Gasteiger partial charge in [-0.2, -0.15) is 0 Å². The van der Waals surface area contributed by atoms with Gasteiger partial charge < -0.3 is 9.84 Å². The van der Waals surface area contributed by atoms with E-state index in [0.717, 1.165) is 12.8 Å². The highest BCUT2D eigenvalue weighted by Crippen LogP contribution is 2.45. The molecule has 1 N–H and O–H groups in total. The number of carbonyl (C=O) groups is 1. The van der Waals surface area contributed by atoms with E-state index in [0.29, 0.717) is 0 Å². The number of esters is 1. The first-order chi connectivity index (χ1) is 7.56. The van der Waals surface area contributed by atoms with Crippen LogP contribution in [-0.4, -0.2) is 23.3 Å². The largest absolute Gasteiger partial charge is 0.459 e. The molecule has 0 aliphatic heterocycles. The predicted molar refractivity (Wildman–Crippen MR) is 69.7 cm³/mol. The van der Waals surface area contributed by atoms with Gasteiger partial charge in [-0.3, -0.25) is 4.79 Å². The van der Waals surface area contributed by atoms with Gasteiger partial charge in [-0.1, -0.05) is 20.8 Å². The molecular weight excluding hydrogens is 216 g/mol.